The van der Waals surface area contributed by atoms with Gasteiger partial charge in [-0.05, 0) is 54.4 Å². The van der Waals surface area contributed by atoms with Crippen molar-refractivity contribution in [2.45, 2.75) is 19.9 Å². The van der Waals surface area contributed by atoms with Gasteiger partial charge in [0, 0.05) is 23.6 Å². The molecule has 0 aliphatic heterocycles. The van der Waals surface area contributed by atoms with Crippen LogP contribution in [0.3, 0.4) is 0 Å². The van der Waals surface area contributed by atoms with Gasteiger partial charge in [0.1, 0.15) is 17.5 Å². The Bertz CT molecular complexity index is 942. The normalized spacial score (nSPS) is 11.6. The second-order valence-electron chi connectivity index (χ2n) is 6.86. The van der Waals surface area contributed by atoms with Gasteiger partial charge in [-0.15, -0.1) is 0 Å². The summed E-state index contributed by atoms with van der Waals surface area (Å²) in [6.45, 7) is 3.78. The van der Waals surface area contributed by atoms with E-state index in [2.05, 4.69) is 15.6 Å². The highest BCUT2D eigenvalue weighted by Gasteiger charge is 2.24. The Balaban J connectivity index is 1.63. The standard InChI is InChI=1S/C23H23N3O3/c1-16(2)21(26-22(27)17-6-4-3-5-7-17)23(28)25-18-8-10-19(11-9-18)29-20-12-14-24-15-13-20/h3-16,21H,1-2H3,(H,25,28)(H,26,27). The summed E-state index contributed by atoms with van der Waals surface area (Å²) in [7, 11) is 0. The van der Waals surface area contributed by atoms with Crippen LogP contribution in [0.4, 0.5) is 5.69 Å². The third-order valence-electron chi connectivity index (χ3n) is 4.28. The molecule has 3 aromatic rings. The summed E-state index contributed by atoms with van der Waals surface area (Å²) in [4.78, 5) is 29.1. The maximum absolute atomic E-state index is 12.7. The molecule has 148 valence electrons. The van der Waals surface area contributed by atoms with E-state index >= 15 is 0 Å². The van der Waals surface area contributed by atoms with Gasteiger partial charge in [0.15, 0.2) is 0 Å². The van der Waals surface area contributed by atoms with Crippen LogP contribution < -0.4 is 15.4 Å². The van der Waals surface area contributed by atoms with Crippen molar-refractivity contribution in [1.82, 2.24) is 10.3 Å². The van der Waals surface area contributed by atoms with E-state index in [1.807, 2.05) is 19.9 Å². The summed E-state index contributed by atoms with van der Waals surface area (Å²) in [5.41, 5.74) is 1.14. The van der Waals surface area contributed by atoms with Gasteiger partial charge in [-0.2, -0.15) is 0 Å². The molecule has 2 N–H and O–H groups in total. The molecule has 0 fully saturated rings. The lowest BCUT2D eigenvalue weighted by Gasteiger charge is -2.22. The summed E-state index contributed by atoms with van der Waals surface area (Å²) < 4.78 is 5.72. The van der Waals surface area contributed by atoms with Crippen LogP contribution in [0.25, 0.3) is 0 Å². The van der Waals surface area contributed by atoms with Crippen molar-refractivity contribution in [2.75, 3.05) is 5.32 Å². The highest BCUT2D eigenvalue weighted by molar-refractivity contribution is 6.01. The molecule has 3 rings (SSSR count). The zero-order valence-corrected chi connectivity index (χ0v) is 16.3. The van der Waals surface area contributed by atoms with Crippen molar-refractivity contribution in [3.8, 4) is 11.5 Å². The fourth-order valence-electron chi connectivity index (χ4n) is 2.72. The molecule has 0 aliphatic carbocycles. The fourth-order valence-corrected chi connectivity index (χ4v) is 2.72. The van der Waals surface area contributed by atoms with E-state index in [9.17, 15) is 9.59 Å². The largest absolute Gasteiger partial charge is 0.457 e. The van der Waals surface area contributed by atoms with Crippen LogP contribution in [0.2, 0.25) is 0 Å². The zero-order chi connectivity index (χ0) is 20.6. The average molecular weight is 389 g/mol. The first-order valence-electron chi connectivity index (χ1n) is 9.37. The second-order valence-corrected chi connectivity index (χ2v) is 6.86. The third-order valence-corrected chi connectivity index (χ3v) is 4.28. The maximum Gasteiger partial charge on any atom is 0.251 e. The number of hydrogen-bond donors (Lipinski definition) is 2. The third kappa shape index (κ3) is 5.65. The molecule has 1 heterocycles. The lowest BCUT2D eigenvalue weighted by atomic mass is 10.0. The smallest absolute Gasteiger partial charge is 0.251 e. The van der Waals surface area contributed by atoms with Crippen molar-refractivity contribution < 1.29 is 14.3 Å². The number of carbonyl (C=O) groups excluding carboxylic acids is 2. The number of benzene rings is 2. The Hall–Kier alpha value is -3.67. The number of nitrogens with one attached hydrogen (secondary N) is 2. The molecule has 29 heavy (non-hydrogen) atoms. The van der Waals surface area contributed by atoms with Gasteiger partial charge in [-0.3, -0.25) is 14.6 Å². The summed E-state index contributed by atoms with van der Waals surface area (Å²) in [5, 5.41) is 5.67. The molecular weight excluding hydrogens is 366 g/mol. The monoisotopic (exact) mass is 389 g/mol. The highest BCUT2D eigenvalue weighted by Crippen LogP contribution is 2.22. The molecule has 6 nitrogen and oxygen atoms in total. The van der Waals surface area contributed by atoms with Crippen molar-refractivity contribution >= 4 is 17.5 Å². The minimum Gasteiger partial charge on any atom is -0.457 e. The Morgan fingerprint density at radius 1 is 0.862 bits per heavy atom. The second kappa shape index (κ2) is 9.50. The summed E-state index contributed by atoms with van der Waals surface area (Å²) >= 11 is 0. The molecule has 2 aromatic carbocycles. The molecule has 0 radical (unpaired) electrons. The quantitative estimate of drug-likeness (QED) is 0.632. The lowest BCUT2D eigenvalue weighted by molar-refractivity contribution is -0.118. The van der Waals surface area contributed by atoms with E-state index in [0.29, 0.717) is 22.7 Å². The van der Waals surface area contributed by atoms with E-state index < -0.39 is 6.04 Å². The van der Waals surface area contributed by atoms with Crippen LogP contribution in [-0.4, -0.2) is 22.8 Å². The first kappa shape index (κ1) is 20.1. The molecule has 1 unspecified atom stereocenters. The Morgan fingerprint density at radius 2 is 1.48 bits per heavy atom. The van der Waals surface area contributed by atoms with Crippen LogP contribution in [0.5, 0.6) is 11.5 Å². The molecule has 0 aliphatic rings. The Kier molecular flexibility index (Phi) is 6.58. The first-order valence-corrected chi connectivity index (χ1v) is 9.37. The van der Waals surface area contributed by atoms with Crippen LogP contribution in [0.1, 0.15) is 24.2 Å². The van der Waals surface area contributed by atoms with Crippen molar-refractivity contribution in [2.24, 2.45) is 5.92 Å². The van der Waals surface area contributed by atoms with Gasteiger partial charge in [-0.25, -0.2) is 0 Å². The topological polar surface area (TPSA) is 80.3 Å². The number of ether oxygens (including phenoxy) is 1. The highest BCUT2D eigenvalue weighted by atomic mass is 16.5. The van der Waals surface area contributed by atoms with E-state index in [1.165, 1.54) is 0 Å². The van der Waals surface area contributed by atoms with E-state index in [0.717, 1.165) is 0 Å². The number of hydrogen-bond acceptors (Lipinski definition) is 4. The van der Waals surface area contributed by atoms with Gasteiger partial charge in [0.05, 0.1) is 0 Å². The molecule has 0 saturated heterocycles. The number of amides is 2. The van der Waals surface area contributed by atoms with Gasteiger partial charge in [-0.1, -0.05) is 32.0 Å². The van der Waals surface area contributed by atoms with E-state index in [1.54, 1.807) is 73.1 Å². The zero-order valence-electron chi connectivity index (χ0n) is 16.3. The molecular formula is C23H23N3O3. The number of nitrogens with zero attached hydrogens (tertiary/aromatic N) is 1. The molecule has 1 aromatic heterocycles. The minimum absolute atomic E-state index is 0.0723. The Morgan fingerprint density at radius 3 is 2.10 bits per heavy atom. The fraction of sp³-hybridized carbons (Fsp3) is 0.174. The van der Waals surface area contributed by atoms with Crippen LogP contribution in [0, 0.1) is 5.92 Å². The first-order chi connectivity index (χ1) is 14.0. The summed E-state index contributed by atoms with van der Waals surface area (Å²) in [6.07, 6.45) is 3.30. The SMILES string of the molecule is CC(C)C(NC(=O)c1ccccc1)C(=O)Nc1ccc(Oc2ccncc2)cc1. The van der Waals surface area contributed by atoms with E-state index in [-0.39, 0.29) is 17.7 Å². The minimum atomic E-state index is -0.657. The molecule has 0 spiro atoms. The van der Waals surface area contributed by atoms with E-state index in [4.69, 9.17) is 4.74 Å². The molecule has 6 heteroatoms. The lowest BCUT2D eigenvalue weighted by Crippen LogP contribution is -2.47. The predicted octanol–water partition coefficient (Wildman–Crippen LogP) is 4.27. The number of rotatable bonds is 7. The molecule has 2 amide bonds. The number of pyridine rings is 1. The predicted molar refractivity (Wildman–Crippen MR) is 112 cm³/mol. The maximum atomic E-state index is 12.7. The van der Waals surface area contributed by atoms with Gasteiger partial charge in [0.2, 0.25) is 5.91 Å². The van der Waals surface area contributed by atoms with Crippen molar-refractivity contribution in [3.05, 3.63) is 84.7 Å². The molecule has 0 saturated carbocycles. The van der Waals surface area contributed by atoms with Crippen LogP contribution in [0.15, 0.2) is 79.1 Å². The number of aromatic nitrogens is 1. The number of anilines is 1. The van der Waals surface area contributed by atoms with Gasteiger partial charge < -0.3 is 15.4 Å². The van der Waals surface area contributed by atoms with Gasteiger partial charge in [0.25, 0.3) is 5.91 Å². The van der Waals surface area contributed by atoms with Gasteiger partial charge >= 0.3 is 0 Å². The molecule has 1 atom stereocenters. The van der Waals surface area contributed by atoms with Crippen molar-refractivity contribution in [3.63, 3.8) is 0 Å². The number of carbonyl (C=O) groups is 2. The summed E-state index contributed by atoms with van der Waals surface area (Å²) in [6, 6.07) is 18.8. The molecule has 0 bridgehead atoms. The van der Waals surface area contributed by atoms with Crippen molar-refractivity contribution in [1.29, 1.82) is 0 Å². The summed E-state index contributed by atoms with van der Waals surface area (Å²) in [5.74, 6) is 0.705. The Labute approximate surface area is 169 Å². The van der Waals surface area contributed by atoms with Crippen LogP contribution >= 0.6 is 0 Å². The average Bonchev–Trinajstić information content (AvgIpc) is 2.74. The van der Waals surface area contributed by atoms with Crippen LogP contribution in [-0.2, 0) is 4.79 Å².